The Morgan fingerprint density at radius 3 is 2.62 bits per heavy atom. The van der Waals surface area contributed by atoms with E-state index in [1.165, 1.54) is 33.4 Å². The van der Waals surface area contributed by atoms with Crippen LogP contribution < -0.4 is 5.56 Å². The number of hydrogen-bond acceptors (Lipinski definition) is 4. The van der Waals surface area contributed by atoms with E-state index < -0.39 is 0 Å². The second-order valence-electron chi connectivity index (χ2n) is 7.21. The van der Waals surface area contributed by atoms with E-state index in [9.17, 15) is 9.59 Å². The average molecular weight is 401 g/mol. The van der Waals surface area contributed by atoms with Crippen molar-refractivity contribution in [3.63, 3.8) is 0 Å². The van der Waals surface area contributed by atoms with E-state index in [1.807, 2.05) is 53.4 Å². The van der Waals surface area contributed by atoms with Gasteiger partial charge >= 0.3 is 0 Å². The monoisotopic (exact) mass is 401 g/mol. The first-order valence-electron chi connectivity index (χ1n) is 9.58. The van der Waals surface area contributed by atoms with Gasteiger partial charge in [-0.25, -0.2) is 4.98 Å². The highest BCUT2D eigenvalue weighted by Gasteiger charge is 2.21. The highest BCUT2D eigenvalue weighted by Crippen LogP contribution is 2.30. The van der Waals surface area contributed by atoms with E-state index in [0.29, 0.717) is 23.3 Å². The van der Waals surface area contributed by atoms with Gasteiger partial charge in [0.15, 0.2) is 0 Å². The van der Waals surface area contributed by atoms with Crippen LogP contribution in [0.3, 0.4) is 0 Å². The fraction of sp³-hybridized carbons (Fsp3) is 0.174. The Morgan fingerprint density at radius 1 is 1.03 bits per heavy atom. The molecule has 2 aromatic heterocycles. The van der Waals surface area contributed by atoms with Crippen LogP contribution in [0.5, 0.6) is 0 Å². The third-order valence-corrected chi connectivity index (χ3v) is 6.46. The van der Waals surface area contributed by atoms with E-state index in [-0.39, 0.29) is 18.0 Å². The summed E-state index contributed by atoms with van der Waals surface area (Å²) >= 11 is 1.49. The van der Waals surface area contributed by atoms with Crippen molar-refractivity contribution >= 4 is 27.5 Å². The third-order valence-electron chi connectivity index (χ3n) is 5.37. The van der Waals surface area contributed by atoms with Crippen LogP contribution >= 0.6 is 11.3 Å². The van der Waals surface area contributed by atoms with E-state index >= 15 is 0 Å². The summed E-state index contributed by atoms with van der Waals surface area (Å²) in [6, 6.07) is 20.0. The zero-order chi connectivity index (χ0) is 19.8. The summed E-state index contributed by atoms with van der Waals surface area (Å²) in [4.78, 5) is 33.7. The Kier molecular flexibility index (Phi) is 4.48. The van der Waals surface area contributed by atoms with Gasteiger partial charge in [0.05, 0.1) is 11.7 Å². The van der Waals surface area contributed by atoms with Crippen LogP contribution in [0.1, 0.15) is 11.1 Å². The summed E-state index contributed by atoms with van der Waals surface area (Å²) in [5, 5.41) is 0.563. The second-order valence-corrected chi connectivity index (χ2v) is 8.24. The van der Waals surface area contributed by atoms with E-state index in [1.54, 1.807) is 0 Å². The summed E-state index contributed by atoms with van der Waals surface area (Å²) < 4.78 is 1.42. The summed E-state index contributed by atoms with van der Waals surface area (Å²) in [5.41, 5.74) is 3.37. The Balaban J connectivity index is 1.40. The molecule has 0 unspecified atom stereocenters. The van der Waals surface area contributed by atoms with Gasteiger partial charge in [-0.05, 0) is 29.2 Å². The third kappa shape index (κ3) is 3.36. The molecule has 29 heavy (non-hydrogen) atoms. The minimum Gasteiger partial charge on any atom is -0.336 e. The lowest BCUT2D eigenvalue weighted by molar-refractivity contribution is -0.132. The maximum absolute atomic E-state index is 12.9. The molecule has 0 radical (unpaired) electrons. The lowest BCUT2D eigenvalue weighted by atomic mass is 10.00. The second kappa shape index (κ2) is 7.29. The van der Waals surface area contributed by atoms with E-state index in [2.05, 4.69) is 17.1 Å². The quantitative estimate of drug-likeness (QED) is 0.526. The Hall–Kier alpha value is -3.25. The van der Waals surface area contributed by atoms with Crippen LogP contribution in [-0.4, -0.2) is 26.9 Å². The van der Waals surface area contributed by atoms with Gasteiger partial charge in [0.1, 0.15) is 11.4 Å². The number of benzene rings is 2. The summed E-state index contributed by atoms with van der Waals surface area (Å²) in [6.07, 6.45) is 2.34. The topological polar surface area (TPSA) is 55.2 Å². The molecule has 1 amide bonds. The van der Waals surface area contributed by atoms with E-state index in [0.717, 1.165) is 16.9 Å². The molecule has 4 aromatic rings. The molecule has 0 atom stereocenters. The summed E-state index contributed by atoms with van der Waals surface area (Å²) in [5.74, 6) is -0.0544. The summed E-state index contributed by atoms with van der Waals surface area (Å²) in [7, 11) is 0. The Bertz CT molecular complexity index is 1260. The fourth-order valence-corrected chi connectivity index (χ4v) is 4.77. The van der Waals surface area contributed by atoms with Crippen molar-refractivity contribution in [3.8, 4) is 10.4 Å². The van der Waals surface area contributed by atoms with Crippen LogP contribution in [-0.2, 0) is 24.3 Å². The highest BCUT2D eigenvalue weighted by molar-refractivity contribution is 7.21. The van der Waals surface area contributed by atoms with Crippen molar-refractivity contribution < 1.29 is 4.79 Å². The molecule has 0 saturated heterocycles. The van der Waals surface area contributed by atoms with Crippen molar-refractivity contribution in [1.82, 2.24) is 14.5 Å². The molecule has 0 aliphatic carbocycles. The van der Waals surface area contributed by atoms with Gasteiger partial charge in [-0.2, -0.15) is 0 Å². The fourth-order valence-electron chi connectivity index (χ4n) is 3.77. The molecule has 5 nitrogen and oxygen atoms in total. The van der Waals surface area contributed by atoms with Gasteiger partial charge in [-0.15, -0.1) is 11.3 Å². The van der Waals surface area contributed by atoms with Gasteiger partial charge in [0.25, 0.3) is 5.56 Å². The molecule has 3 heterocycles. The lowest BCUT2D eigenvalue weighted by Gasteiger charge is -2.29. The zero-order valence-corrected chi connectivity index (χ0v) is 16.6. The van der Waals surface area contributed by atoms with Crippen molar-refractivity contribution in [2.45, 2.75) is 19.5 Å². The number of carbonyl (C=O) groups excluding carboxylic acids is 1. The number of aromatic nitrogens is 2. The zero-order valence-electron chi connectivity index (χ0n) is 15.7. The maximum Gasteiger partial charge on any atom is 0.262 e. The number of thiophene rings is 1. The van der Waals surface area contributed by atoms with Gasteiger partial charge in [-0.1, -0.05) is 54.6 Å². The minimum absolute atomic E-state index is 0.0143. The molecule has 1 aliphatic heterocycles. The molecule has 0 fully saturated rings. The van der Waals surface area contributed by atoms with Crippen LogP contribution in [0.4, 0.5) is 0 Å². The molecule has 2 aromatic carbocycles. The SMILES string of the molecule is O=C(Cn1cnc2sc(-c3ccccc3)cc2c1=O)N1CCc2ccccc2C1. The Morgan fingerprint density at radius 2 is 1.79 bits per heavy atom. The molecule has 0 saturated carbocycles. The van der Waals surface area contributed by atoms with Crippen LogP contribution in [0.15, 0.2) is 71.8 Å². The largest absolute Gasteiger partial charge is 0.336 e. The first-order valence-corrected chi connectivity index (χ1v) is 10.4. The van der Waals surface area contributed by atoms with Gasteiger partial charge in [0, 0.05) is 18.0 Å². The van der Waals surface area contributed by atoms with Crippen LogP contribution in [0.25, 0.3) is 20.7 Å². The Labute approximate surface area is 171 Å². The number of hydrogen-bond donors (Lipinski definition) is 0. The minimum atomic E-state index is -0.167. The molecule has 0 bridgehead atoms. The number of rotatable bonds is 3. The first-order chi connectivity index (χ1) is 14.2. The van der Waals surface area contributed by atoms with E-state index in [4.69, 9.17) is 0 Å². The van der Waals surface area contributed by atoms with Crippen molar-refractivity contribution in [1.29, 1.82) is 0 Å². The lowest BCUT2D eigenvalue weighted by Crippen LogP contribution is -2.39. The molecule has 0 spiro atoms. The molecule has 1 aliphatic rings. The average Bonchev–Trinajstić information content (AvgIpc) is 3.21. The number of carbonyl (C=O) groups is 1. The predicted octanol–water partition coefficient (Wildman–Crippen LogP) is 3.71. The smallest absolute Gasteiger partial charge is 0.262 e. The standard InChI is InChI=1S/C23H19N3O2S/c27-21(25-11-10-16-6-4-5-9-18(16)13-25)14-26-15-24-22-19(23(26)28)12-20(29-22)17-7-2-1-3-8-17/h1-9,12,15H,10-11,13-14H2. The molecular formula is C23H19N3O2S. The number of nitrogens with zero attached hydrogens (tertiary/aromatic N) is 3. The van der Waals surface area contributed by atoms with Crippen LogP contribution in [0, 0.1) is 0 Å². The highest BCUT2D eigenvalue weighted by atomic mass is 32.1. The van der Waals surface area contributed by atoms with Crippen LogP contribution in [0.2, 0.25) is 0 Å². The van der Waals surface area contributed by atoms with Gasteiger partial charge in [-0.3, -0.25) is 14.2 Å². The predicted molar refractivity (Wildman–Crippen MR) is 115 cm³/mol. The molecular weight excluding hydrogens is 382 g/mol. The number of amides is 1. The van der Waals surface area contributed by atoms with Crippen molar-refractivity contribution in [2.24, 2.45) is 0 Å². The maximum atomic E-state index is 12.9. The molecule has 144 valence electrons. The number of fused-ring (bicyclic) bond motifs is 2. The molecule has 5 rings (SSSR count). The molecule has 0 N–H and O–H groups in total. The van der Waals surface area contributed by atoms with Crippen molar-refractivity contribution in [3.05, 3.63) is 88.5 Å². The molecule has 6 heteroatoms. The van der Waals surface area contributed by atoms with Crippen molar-refractivity contribution in [2.75, 3.05) is 6.54 Å². The van der Waals surface area contributed by atoms with Gasteiger partial charge < -0.3 is 4.90 Å². The summed E-state index contributed by atoms with van der Waals surface area (Å²) in [6.45, 7) is 1.29. The first kappa shape index (κ1) is 17.8. The van der Waals surface area contributed by atoms with Gasteiger partial charge in [0.2, 0.25) is 5.91 Å². The normalized spacial score (nSPS) is 13.4.